The molecule has 2 aromatic carbocycles. The molecule has 0 bridgehead atoms. The third kappa shape index (κ3) is 3.68. The maximum Gasteiger partial charge on any atom is 0.263 e. The molecule has 4 aromatic rings. The molecule has 0 amide bonds. The average Bonchev–Trinajstić information content (AvgIpc) is 3.16. The summed E-state index contributed by atoms with van der Waals surface area (Å²) in [6.07, 6.45) is 1.30. The first-order valence-electron chi connectivity index (χ1n) is 9.12. The number of ether oxygens (including phenoxy) is 1. The lowest BCUT2D eigenvalue weighted by atomic mass is 10.2. The number of nitriles is 1. The van der Waals surface area contributed by atoms with E-state index in [9.17, 15) is 13.7 Å². The number of fused-ring (bicyclic) bond motifs is 1. The molecule has 2 heterocycles. The fourth-order valence-corrected chi connectivity index (χ4v) is 4.01. The van der Waals surface area contributed by atoms with Gasteiger partial charge in [0.1, 0.15) is 17.4 Å². The van der Waals surface area contributed by atoms with Crippen molar-refractivity contribution in [2.24, 2.45) is 0 Å². The first-order valence-corrected chi connectivity index (χ1v) is 10.6. The van der Waals surface area contributed by atoms with Crippen molar-refractivity contribution in [3.05, 3.63) is 72.4 Å². The highest BCUT2D eigenvalue weighted by Crippen LogP contribution is 2.24. The molecule has 30 heavy (non-hydrogen) atoms. The lowest BCUT2D eigenvalue weighted by Crippen LogP contribution is -2.17. The summed E-state index contributed by atoms with van der Waals surface area (Å²) in [5, 5.41) is 14.5. The van der Waals surface area contributed by atoms with E-state index in [1.165, 1.54) is 23.0 Å². The molecule has 0 saturated carbocycles. The molecule has 0 spiro atoms. The van der Waals surface area contributed by atoms with Crippen molar-refractivity contribution < 1.29 is 13.2 Å². The Morgan fingerprint density at radius 1 is 1.10 bits per heavy atom. The first kappa shape index (κ1) is 19.4. The van der Waals surface area contributed by atoms with Crippen molar-refractivity contribution in [3.63, 3.8) is 0 Å². The fraction of sp³-hybridized carbons (Fsp3) is 0.0952. The Balaban J connectivity index is 1.73. The monoisotopic (exact) mass is 419 g/mol. The smallest absolute Gasteiger partial charge is 0.263 e. The van der Waals surface area contributed by atoms with Gasteiger partial charge in [-0.1, -0.05) is 18.2 Å². The number of aromatic nitrogens is 3. The SMILES string of the molecule is CCOc1ccc(S(=O)(=O)Nc2c(C#N)cnn2-c2ccc3ccccc3n2)cc1. The standard InChI is InChI=1S/C21H17N5O3S/c1-2-29-17-8-10-18(11-9-17)30(27,28)25-21-16(13-22)14-23-26(21)20-12-7-15-5-3-4-6-19(15)24-20/h3-12,14,25H,2H2,1H3. The Morgan fingerprint density at radius 2 is 1.87 bits per heavy atom. The molecule has 9 heteroatoms. The van der Waals surface area contributed by atoms with Crippen molar-refractivity contribution in [1.82, 2.24) is 14.8 Å². The molecule has 150 valence electrons. The molecule has 0 radical (unpaired) electrons. The zero-order valence-electron chi connectivity index (χ0n) is 16.0. The van der Waals surface area contributed by atoms with Gasteiger partial charge in [0.05, 0.1) is 23.2 Å². The molecule has 2 aromatic heterocycles. The summed E-state index contributed by atoms with van der Waals surface area (Å²) < 4.78 is 34.9. The quantitative estimate of drug-likeness (QED) is 0.512. The highest BCUT2D eigenvalue weighted by atomic mass is 32.2. The van der Waals surface area contributed by atoms with E-state index >= 15 is 0 Å². The number of hydrogen-bond acceptors (Lipinski definition) is 6. The van der Waals surface area contributed by atoms with E-state index in [-0.39, 0.29) is 16.3 Å². The summed E-state index contributed by atoms with van der Waals surface area (Å²) in [5.74, 6) is 0.980. The normalized spacial score (nSPS) is 11.2. The molecule has 1 N–H and O–H groups in total. The van der Waals surface area contributed by atoms with Gasteiger partial charge in [-0.05, 0) is 49.4 Å². The second-order valence-electron chi connectivity index (χ2n) is 6.30. The topological polar surface area (TPSA) is 110 Å². The highest BCUT2D eigenvalue weighted by molar-refractivity contribution is 7.92. The number of pyridine rings is 1. The van der Waals surface area contributed by atoms with Gasteiger partial charge in [-0.15, -0.1) is 0 Å². The van der Waals surface area contributed by atoms with Crippen molar-refractivity contribution in [1.29, 1.82) is 5.26 Å². The largest absolute Gasteiger partial charge is 0.494 e. The zero-order chi connectivity index (χ0) is 21.1. The maximum atomic E-state index is 12.9. The summed E-state index contributed by atoms with van der Waals surface area (Å²) in [5.41, 5.74) is 0.809. The van der Waals surface area contributed by atoms with Gasteiger partial charge in [0.15, 0.2) is 11.6 Å². The molecule has 0 unspecified atom stereocenters. The Hall–Kier alpha value is -3.90. The molecule has 0 atom stereocenters. The van der Waals surface area contributed by atoms with E-state index in [1.807, 2.05) is 43.3 Å². The van der Waals surface area contributed by atoms with Crippen LogP contribution in [0.15, 0.2) is 71.8 Å². The van der Waals surface area contributed by atoms with Crippen LogP contribution in [-0.4, -0.2) is 29.8 Å². The van der Waals surface area contributed by atoms with Crippen LogP contribution < -0.4 is 9.46 Å². The van der Waals surface area contributed by atoms with Crippen LogP contribution in [0.5, 0.6) is 5.75 Å². The number of anilines is 1. The van der Waals surface area contributed by atoms with Crippen molar-refractivity contribution >= 4 is 26.7 Å². The average molecular weight is 419 g/mol. The molecule has 0 aliphatic carbocycles. The predicted octanol–water partition coefficient (Wildman–Crippen LogP) is 3.49. The van der Waals surface area contributed by atoms with Crippen molar-refractivity contribution in [2.45, 2.75) is 11.8 Å². The van der Waals surface area contributed by atoms with Gasteiger partial charge in [0, 0.05) is 5.39 Å². The van der Waals surface area contributed by atoms with Crippen LogP contribution in [0.25, 0.3) is 16.7 Å². The maximum absolute atomic E-state index is 12.9. The van der Waals surface area contributed by atoms with Gasteiger partial charge in [-0.2, -0.15) is 15.0 Å². The molecule has 0 aliphatic heterocycles. The van der Waals surface area contributed by atoms with Gasteiger partial charge in [0.2, 0.25) is 0 Å². The first-order chi connectivity index (χ1) is 14.5. The summed E-state index contributed by atoms with van der Waals surface area (Å²) in [6.45, 7) is 2.32. The number of rotatable bonds is 6. The van der Waals surface area contributed by atoms with Crippen LogP contribution in [0.2, 0.25) is 0 Å². The van der Waals surface area contributed by atoms with Gasteiger partial charge >= 0.3 is 0 Å². The van der Waals surface area contributed by atoms with Crippen LogP contribution in [-0.2, 0) is 10.0 Å². The highest BCUT2D eigenvalue weighted by Gasteiger charge is 2.21. The van der Waals surface area contributed by atoms with Crippen LogP contribution >= 0.6 is 0 Å². The molecule has 0 saturated heterocycles. The zero-order valence-corrected chi connectivity index (χ0v) is 16.8. The van der Waals surface area contributed by atoms with Gasteiger partial charge in [-0.3, -0.25) is 4.72 Å². The van der Waals surface area contributed by atoms with Crippen LogP contribution in [0.1, 0.15) is 12.5 Å². The van der Waals surface area contributed by atoms with E-state index in [0.717, 1.165) is 10.9 Å². The van der Waals surface area contributed by atoms with E-state index in [0.29, 0.717) is 18.2 Å². The minimum atomic E-state index is -3.97. The fourth-order valence-electron chi connectivity index (χ4n) is 2.94. The molecule has 8 nitrogen and oxygen atoms in total. The van der Waals surface area contributed by atoms with Gasteiger partial charge in [-0.25, -0.2) is 13.4 Å². The Morgan fingerprint density at radius 3 is 2.60 bits per heavy atom. The molecule has 4 rings (SSSR count). The van der Waals surface area contributed by atoms with Crippen LogP contribution in [0.3, 0.4) is 0 Å². The number of sulfonamides is 1. The Kier molecular flexibility index (Phi) is 5.08. The Bertz CT molecular complexity index is 1360. The number of benzene rings is 2. The molecular weight excluding hydrogens is 402 g/mol. The third-order valence-electron chi connectivity index (χ3n) is 4.37. The van der Waals surface area contributed by atoms with Crippen LogP contribution in [0, 0.1) is 11.3 Å². The molecule has 0 aliphatic rings. The van der Waals surface area contributed by atoms with E-state index in [2.05, 4.69) is 14.8 Å². The number of nitrogens with zero attached hydrogens (tertiary/aromatic N) is 4. The summed E-state index contributed by atoms with van der Waals surface area (Å²) in [7, 11) is -3.97. The minimum Gasteiger partial charge on any atom is -0.494 e. The number of hydrogen-bond donors (Lipinski definition) is 1. The summed E-state index contributed by atoms with van der Waals surface area (Å²) in [4.78, 5) is 4.56. The Labute approximate surface area is 173 Å². The number of nitrogens with one attached hydrogen (secondary N) is 1. The van der Waals surface area contributed by atoms with Crippen molar-refractivity contribution in [2.75, 3.05) is 11.3 Å². The van der Waals surface area contributed by atoms with Crippen molar-refractivity contribution in [3.8, 4) is 17.6 Å². The van der Waals surface area contributed by atoms with Gasteiger partial charge in [0.25, 0.3) is 10.0 Å². The second-order valence-corrected chi connectivity index (χ2v) is 7.98. The summed E-state index contributed by atoms with van der Waals surface area (Å²) in [6, 6.07) is 19.1. The van der Waals surface area contributed by atoms with E-state index in [1.54, 1.807) is 18.2 Å². The van der Waals surface area contributed by atoms with E-state index < -0.39 is 10.0 Å². The van der Waals surface area contributed by atoms with Gasteiger partial charge < -0.3 is 4.74 Å². The lowest BCUT2D eigenvalue weighted by Gasteiger charge is -2.12. The van der Waals surface area contributed by atoms with Crippen LogP contribution in [0.4, 0.5) is 5.82 Å². The van der Waals surface area contributed by atoms with E-state index in [4.69, 9.17) is 4.74 Å². The summed E-state index contributed by atoms with van der Waals surface area (Å²) >= 11 is 0. The molecule has 0 fully saturated rings. The lowest BCUT2D eigenvalue weighted by molar-refractivity contribution is 0.340. The number of para-hydroxylation sites is 1. The predicted molar refractivity (Wildman–Crippen MR) is 112 cm³/mol. The molecular formula is C21H17N5O3S. The minimum absolute atomic E-state index is 0.0224. The third-order valence-corrected chi connectivity index (χ3v) is 5.72. The second kappa shape index (κ2) is 7.85.